The van der Waals surface area contributed by atoms with Crippen LogP contribution in [0.2, 0.25) is 0 Å². The number of thiophene rings is 1. The van der Waals surface area contributed by atoms with Crippen LogP contribution in [0.4, 0.5) is 5.69 Å². The Morgan fingerprint density at radius 2 is 2.14 bits per heavy atom. The van der Waals surface area contributed by atoms with Crippen molar-refractivity contribution in [2.24, 2.45) is 0 Å². The van der Waals surface area contributed by atoms with Gasteiger partial charge < -0.3 is 10.1 Å². The molecule has 2 aromatic rings. The molecule has 0 bridgehead atoms. The second-order valence-corrected chi connectivity index (χ2v) is 5.82. The van der Waals surface area contributed by atoms with Gasteiger partial charge in [-0.15, -0.1) is 11.3 Å². The highest BCUT2D eigenvalue weighted by Crippen LogP contribution is 2.25. The lowest BCUT2D eigenvalue weighted by atomic mass is 10.2. The third kappa shape index (κ3) is 3.96. The number of hydrogen-bond donors (Lipinski definition) is 1. The Bertz CT molecular complexity index is 741. The smallest absolute Gasteiger partial charge is 0.266 e. The number of nitrogens with one attached hydrogen (secondary N) is 1. The van der Waals surface area contributed by atoms with Gasteiger partial charge in [0.1, 0.15) is 17.4 Å². The summed E-state index contributed by atoms with van der Waals surface area (Å²) in [5.74, 6) is 0.142. The van der Waals surface area contributed by atoms with E-state index in [2.05, 4.69) is 5.32 Å². The van der Waals surface area contributed by atoms with E-state index in [1.165, 1.54) is 11.3 Å². The van der Waals surface area contributed by atoms with E-state index in [0.29, 0.717) is 18.0 Å². The van der Waals surface area contributed by atoms with Gasteiger partial charge in [-0.2, -0.15) is 5.26 Å². The van der Waals surface area contributed by atoms with Crippen LogP contribution in [-0.2, 0) is 4.79 Å². The summed E-state index contributed by atoms with van der Waals surface area (Å²) < 4.78 is 5.46. The lowest BCUT2D eigenvalue weighted by Crippen LogP contribution is -2.14. The normalized spacial score (nSPS) is 10.9. The summed E-state index contributed by atoms with van der Waals surface area (Å²) in [6, 6.07) is 12.9. The van der Waals surface area contributed by atoms with Crippen LogP contribution in [0.3, 0.4) is 0 Å². The first kappa shape index (κ1) is 15.8. The number of benzene rings is 1. The molecule has 1 aromatic heterocycles. The fourth-order valence-electron chi connectivity index (χ4n) is 1.86. The number of carbonyl (C=O) groups excluding carboxylic acids is 1. The number of anilines is 1. The Hall–Kier alpha value is -2.58. The van der Waals surface area contributed by atoms with Gasteiger partial charge in [-0.25, -0.2) is 0 Å². The molecule has 1 aromatic carbocycles. The molecule has 0 radical (unpaired) electrons. The van der Waals surface area contributed by atoms with Crippen LogP contribution < -0.4 is 10.1 Å². The molecule has 0 atom stereocenters. The molecule has 0 saturated carbocycles. The van der Waals surface area contributed by atoms with Gasteiger partial charge in [0.2, 0.25) is 0 Å². The number of carbonyl (C=O) groups is 1. The van der Waals surface area contributed by atoms with Gasteiger partial charge in [-0.05, 0) is 44.2 Å². The van der Waals surface area contributed by atoms with Gasteiger partial charge in [0.05, 0.1) is 12.3 Å². The van der Waals surface area contributed by atoms with Crippen molar-refractivity contribution < 1.29 is 9.53 Å². The van der Waals surface area contributed by atoms with Crippen molar-refractivity contribution >= 4 is 29.0 Å². The standard InChI is InChI=1S/C17H16N2O2S/c1-3-21-16-7-5-4-6-15(16)19-17(20)13(11-18)10-14-9-8-12(2)22-14/h4-10H,3H2,1-2H3,(H,19,20). The highest BCUT2D eigenvalue weighted by Gasteiger charge is 2.12. The molecule has 2 rings (SSSR count). The van der Waals surface area contributed by atoms with Crippen LogP contribution in [0.15, 0.2) is 42.0 Å². The Labute approximate surface area is 133 Å². The van der Waals surface area contributed by atoms with E-state index < -0.39 is 5.91 Å². The molecule has 112 valence electrons. The summed E-state index contributed by atoms with van der Waals surface area (Å²) in [6.45, 7) is 4.35. The average Bonchev–Trinajstić information content (AvgIpc) is 2.92. The SMILES string of the molecule is CCOc1ccccc1NC(=O)C(C#N)=Cc1ccc(C)s1. The Kier molecular flexibility index (Phi) is 5.34. The number of amides is 1. The Balaban J connectivity index is 2.20. The van der Waals surface area contributed by atoms with Gasteiger partial charge in [0.15, 0.2) is 0 Å². The summed E-state index contributed by atoms with van der Waals surface area (Å²) in [6.07, 6.45) is 1.59. The minimum atomic E-state index is -0.444. The van der Waals surface area contributed by atoms with E-state index in [1.807, 2.05) is 38.1 Å². The van der Waals surface area contributed by atoms with Crippen molar-refractivity contribution in [3.63, 3.8) is 0 Å². The first-order chi connectivity index (χ1) is 10.6. The van der Waals surface area contributed by atoms with Crippen LogP contribution in [-0.4, -0.2) is 12.5 Å². The zero-order chi connectivity index (χ0) is 15.9. The predicted molar refractivity (Wildman–Crippen MR) is 88.9 cm³/mol. The molecule has 0 saturated heterocycles. The molecule has 1 N–H and O–H groups in total. The van der Waals surface area contributed by atoms with Gasteiger partial charge >= 0.3 is 0 Å². The predicted octanol–water partition coefficient (Wildman–Crippen LogP) is 4.00. The maximum absolute atomic E-state index is 12.3. The van der Waals surface area contributed by atoms with Gasteiger partial charge in [0.25, 0.3) is 5.91 Å². The third-order valence-corrected chi connectivity index (χ3v) is 3.80. The number of nitrogens with zero attached hydrogens (tertiary/aromatic N) is 1. The minimum absolute atomic E-state index is 0.0631. The summed E-state index contributed by atoms with van der Waals surface area (Å²) >= 11 is 1.53. The summed E-state index contributed by atoms with van der Waals surface area (Å²) in [4.78, 5) is 14.3. The lowest BCUT2D eigenvalue weighted by Gasteiger charge is -2.10. The molecular weight excluding hydrogens is 296 g/mol. The summed E-state index contributed by atoms with van der Waals surface area (Å²) in [7, 11) is 0. The summed E-state index contributed by atoms with van der Waals surface area (Å²) in [5.41, 5.74) is 0.617. The van der Waals surface area contributed by atoms with Crippen molar-refractivity contribution in [1.82, 2.24) is 0 Å². The molecule has 0 unspecified atom stereocenters. The largest absolute Gasteiger partial charge is 0.492 e. The zero-order valence-electron chi connectivity index (χ0n) is 12.4. The van der Waals surface area contributed by atoms with Crippen LogP contribution in [0, 0.1) is 18.3 Å². The third-order valence-electron chi connectivity index (χ3n) is 2.85. The molecule has 4 nitrogen and oxygen atoms in total. The highest BCUT2D eigenvalue weighted by molar-refractivity contribution is 7.12. The van der Waals surface area contributed by atoms with E-state index in [9.17, 15) is 10.1 Å². The van der Waals surface area contributed by atoms with Crippen molar-refractivity contribution in [3.05, 3.63) is 51.7 Å². The second kappa shape index (κ2) is 7.43. The number of ether oxygens (including phenoxy) is 1. The quantitative estimate of drug-likeness (QED) is 0.670. The highest BCUT2D eigenvalue weighted by atomic mass is 32.1. The number of rotatable bonds is 5. The zero-order valence-corrected chi connectivity index (χ0v) is 13.2. The van der Waals surface area contributed by atoms with E-state index in [-0.39, 0.29) is 5.57 Å². The van der Waals surface area contributed by atoms with Crippen LogP contribution in [0.1, 0.15) is 16.7 Å². The van der Waals surface area contributed by atoms with E-state index in [1.54, 1.807) is 24.3 Å². The molecule has 22 heavy (non-hydrogen) atoms. The number of para-hydroxylation sites is 2. The van der Waals surface area contributed by atoms with Gasteiger partial charge in [0, 0.05) is 9.75 Å². The van der Waals surface area contributed by atoms with E-state index in [4.69, 9.17) is 4.74 Å². The summed E-state index contributed by atoms with van der Waals surface area (Å²) in [5, 5.41) is 11.9. The van der Waals surface area contributed by atoms with Crippen LogP contribution in [0.25, 0.3) is 6.08 Å². The van der Waals surface area contributed by atoms with Crippen molar-refractivity contribution in [2.45, 2.75) is 13.8 Å². The molecular formula is C17H16N2O2S. The fourth-order valence-corrected chi connectivity index (χ4v) is 2.68. The Morgan fingerprint density at radius 3 is 2.77 bits per heavy atom. The van der Waals surface area contributed by atoms with Crippen molar-refractivity contribution in [1.29, 1.82) is 5.26 Å². The van der Waals surface area contributed by atoms with Crippen molar-refractivity contribution in [2.75, 3.05) is 11.9 Å². The molecule has 5 heteroatoms. The van der Waals surface area contributed by atoms with Crippen molar-refractivity contribution in [3.8, 4) is 11.8 Å². The first-order valence-corrected chi connectivity index (χ1v) is 7.67. The maximum Gasteiger partial charge on any atom is 0.266 e. The first-order valence-electron chi connectivity index (χ1n) is 6.85. The topological polar surface area (TPSA) is 62.1 Å². The average molecular weight is 312 g/mol. The van der Waals surface area contributed by atoms with Gasteiger partial charge in [-0.1, -0.05) is 12.1 Å². The fraction of sp³-hybridized carbons (Fsp3) is 0.176. The minimum Gasteiger partial charge on any atom is -0.492 e. The molecule has 1 amide bonds. The Morgan fingerprint density at radius 1 is 1.36 bits per heavy atom. The van der Waals surface area contributed by atoms with E-state index in [0.717, 1.165) is 9.75 Å². The molecule has 1 heterocycles. The van der Waals surface area contributed by atoms with Crippen LogP contribution >= 0.6 is 11.3 Å². The molecule has 0 aliphatic rings. The molecule has 0 spiro atoms. The molecule has 0 aliphatic heterocycles. The molecule has 0 fully saturated rings. The lowest BCUT2D eigenvalue weighted by molar-refractivity contribution is -0.112. The van der Waals surface area contributed by atoms with E-state index >= 15 is 0 Å². The molecule has 0 aliphatic carbocycles. The maximum atomic E-state index is 12.3. The second-order valence-electron chi connectivity index (χ2n) is 4.50. The number of hydrogen-bond acceptors (Lipinski definition) is 4. The van der Waals surface area contributed by atoms with Crippen LogP contribution in [0.5, 0.6) is 5.75 Å². The number of aryl methyl sites for hydroxylation is 1. The monoisotopic (exact) mass is 312 g/mol. The van der Waals surface area contributed by atoms with Gasteiger partial charge in [-0.3, -0.25) is 4.79 Å². The number of nitriles is 1.